The van der Waals surface area contributed by atoms with Gasteiger partial charge in [0.2, 0.25) is 0 Å². The summed E-state index contributed by atoms with van der Waals surface area (Å²) in [6.45, 7) is 1.68. The predicted molar refractivity (Wildman–Crippen MR) is 60.6 cm³/mol. The fourth-order valence-corrected chi connectivity index (χ4v) is 1.38. The highest BCUT2D eigenvalue weighted by Crippen LogP contribution is 2.15. The van der Waals surface area contributed by atoms with Crippen LogP contribution >= 0.6 is 0 Å². The SMILES string of the molecule is CC(CCn1cc(C(N)=O)c([N+](=O)[O-])n1)OC(=O)O. The van der Waals surface area contributed by atoms with Crippen LogP contribution in [0.1, 0.15) is 23.7 Å². The molecule has 0 bridgehead atoms. The molecule has 10 heteroatoms. The Morgan fingerprint density at radius 2 is 2.32 bits per heavy atom. The largest absolute Gasteiger partial charge is 0.506 e. The van der Waals surface area contributed by atoms with E-state index in [1.165, 1.54) is 6.92 Å². The first kappa shape index (κ1) is 14.4. The summed E-state index contributed by atoms with van der Waals surface area (Å²) in [6.07, 6.45) is -0.605. The van der Waals surface area contributed by atoms with Crippen LogP contribution in [-0.2, 0) is 11.3 Å². The maximum absolute atomic E-state index is 11.0. The van der Waals surface area contributed by atoms with E-state index in [0.717, 1.165) is 10.9 Å². The van der Waals surface area contributed by atoms with E-state index in [-0.39, 0.29) is 18.5 Å². The highest BCUT2D eigenvalue weighted by Gasteiger charge is 2.24. The summed E-state index contributed by atoms with van der Waals surface area (Å²) >= 11 is 0. The van der Waals surface area contributed by atoms with Crippen LogP contribution < -0.4 is 5.73 Å². The van der Waals surface area contributed by atoms with Gasteiger partial charge in [-0.2, -0.15) is 4.68 Å². The number of hydrogen-bond donors (Lipinski definition) is 2. The molecule has 0 saturated carbocycles. The van der Waals surface area contributed by atoms with E-state index in [1.807, 2.05) is 0 Å². The fraction of sp³-hybridized carbons (Fsp3) is 0.444. The number of rotatable bonds is 6. The van der Waals surface area contributed by atoms with Crippen molar-refractivity contribution in [3.63, 3.8) is 0 Å². The number of hydrogen-bond acceptors (Lipinski definition) is 6. The van der Waals surface area contributed by atoms with E-state index in [2.05, 4.69) is 9.84 Å². The zero-order valence-electron chi connectivity index (χ0n) is 9.98. The van der Waals surface area contributed by atoms with Crippen molar-refractivity contribution in [3.8, 4) is 0 Å². The number of carbonyl (C=O) groups is 2. The molecule has 0 spiro atoms. The number of ether oxygens (including phenoxy) is 1. The Hall–Kier alpha value is -2.65. The average Bonchev–Trinajstić information content (AvgIpc) is 2.69. The predicted octanol–water partition coefficient (Wildman–Crippen LogP) is 0.363. The van der Waals surface area contributed by atoms with Gasteiger partial charge >= 0.3 is 12.0 Å². The lowest BCUT2D eigenvalue weighted by Crippen LogP contribution is -2.15. The molecule has 0 aliphatic heterocycles. The van der Waals surface area contributed by atoms with Crippen molar-refractivity contribution in [2.45, 2.75) is 26.0 Å². The summed E-state index contributed by atoms with van der Waals surface area (Å²) in [5.74, 6) is -1.58. The van der Waals surface area contributed by atoms with Crippen LogP contribution in [0.5, 0.6) is 0 Å². The Morgan fingerprint density at radius 3 is 2.74 bits per heavy atom. The fourth-order valence-electron chi connectivity index (χ4n) is 1.38. The van der Waals surface area contributed by atoms with E-state index in [0.29, 0.717) is 0 Å². The number of carbonyl (C=O) groups excluding carboxylic acids is 1. The number of primary amides is 1. The molecule has 19 heavy (non-hydrogen) atoms. The molecule has 1 heterocycles. The molecule has 104 valence electrons. The Bertz CT molecular complexity index is 479. The van der Waals surface area contributed by atoms with Crippen molar-refractivity contribution in [2.75, 3.05) is 0 Å². The summed E-state index contributed by atoms with van der Waals surface area (Å²) in [6, 6.07) is 0. The molecule has 10 nitrogen and oxygen atoms in total. The standard InChI is InChI=1S/C9H12N4O6/c1-5(19-9(15)16)2-3-12-4-6(7(10)14)8(11-12)13(17)18/h4-5H,2-3H2,1H3,(H2,10,14)(H,15,16). The van der Waals surface area contributed by atoms with Gasteiger partial charge in [-0.1, -0.05) is 0 Å². The third-order valence-electron chi connectivity index (χ3n) is 2.25. The molecular weight excluding hydrogens is 260 g/mol. The molecule has 1 aromatic rings. The average molecular weight is 272 g/mol. The molecule has 1 aromatic heterocycles. The minimum atomic E-state index is -1.41. The molecule has 0 radical (unpaired) electrons. The van der Waals surface area contributed by atoms with Crippen LogP contribution in [0, 0.1) is 10.1 Å². The molecule has 3 N–H and O–H groups in total. The highest BCUT2D eigenvalue weighted by molar-refractivity contribution is 5.95. The summed E-state index contributed by atoms with van der Waals surface area (Å²) < 4.78 is 5.61. The molecule has 0 fully saturated rings. The lowest BCUT2D eigenvalue weighted by Gasteiger charge is -2.08. The Balaban J connectivity index is 2.75. The smallest absolute Gasteiger partial charge is 0.450 e. The first-order chi connectivity index (χ1) is 8.81. The normalized spacial score (nSPS) is 11.8. The van der Waals surface area contributed by atoms with Gasteiger partial charge in [-0.15, -0.1) is 0 Å². The monoisotopic (exact) mass is 272 g/mol. The zero-order valence-corrected chi connectivity index (χ0v) is 9.98. The third kappa shape index (κ3) is 3.94. The zero-order chi connectivity index (χ0) is 14.6. The molecule has 0 aromatic carbocycles. The molecule has 1 atom stereocenters. The van der Waals surface area contributed by atoms with E-state index in [9.17, 15) is 19.7 Å². The van der Waals surface area contributed by atoms with Gasteiger partial charge in [0.25, 0.3) is 5.91 Å². The van der Waals surface area contributed by atoms with Crippen LogP contribution in [0.2, 0.25) is 0 Å². The number of nitrogens with zero attached hydrogens (tertiary/aromatic N) is 3. The van der Waals surface area contributed by atoms with E-state index >= 15 is 0 Å². The molecule has 0 aliphatic rings. The van der Waals surface area contributed by atoms with Gasteiger partial charge in [0, 0.05) is 6.42 Å². The second kappa shape index (κ2) is 5.80. The van der Waals surface area contributed by atoms with Crippen LogP contribution in [0.4, 0.5) is 10.6 Å². The number of nitro groups is 1. The Labute approximate surface area is 106 Å². The number of carboxylic acid groups (broad SMARTS) is 1. The van der Waals surface area contributed by atoms with Gasteiger partial charge in [0.15, 0.2) is 5.56 Å². The summed E-state index contributed by atoms with van der Waals surface area (Å²) in [7, 11) is 0. The van der Waals surface area contributed by atoms with Crippen LogP contribution in [-0.4, -0.2) is 38.0 Å². The van der Waals surface area contributed by atoms with E-state index < -0.39 is 28.9 Å². The highest BCUT2D eigenvalue weighted by atomic mass is 16.7. The van der Waals surface area contributed by atoms with Crippen LogP contribution in [0.3, 0.4) is 0 Å². The maximum atomic E-state index is 11.0. The van der Waals surface area contributed by atoms with Crippen molar-refractivity contribution in [1.29, 1.82) is 0 Å². The third-order valence-corrected chi connectivity index (χ3v) is 2.25. The topological polar surface area (TPSA) is 151 Å². The van der Waals surface area contributed by atoms with Crippen molar-refractivity contribution >= 4 is 17.9 Å². The number of amides is 1. The van der Waals surface area contributed by atoms with Crippen LogP contribution in [0.25, 0.3) is 0 Å². The second-order valence-corrected chi connectivity index (χ2v) is 3.73. The molecular formula is C9H12N4O6. The number of aryl methyl sites for hydroxylation is 1. The minimum absolute atomic E-state index is 0.155. The van der Waals surface area contributed by atoms with Crippen molar-refractivity contribution < 1.29 is 24.4 Å². The van der Waals surface area contributed by atoms with Crippen molar-refractivity contribution in [1.82, 2.24) is 9.78 Å². The van der Waals surface area contributed by atoms with Crippen LogP contribution in [0.15, 0.2) is 6.20 Å². The lowest BCUT2D eigenvalue weighted by atomic mass is 10.3. The van der Waals surface area contributed by atoms with E-state index in [4.69, 9.17) is 10.8 Å². The summed E-state index contributed by atoms with van der Waals surface area (Å²) in [4.78, 5) is 31.1. The number of nitrogens with two attached hydrogens (primary N) is 1. The molecule has 0 saturated heterocycles. The first-order valence-electron chi connectivity index (χ1n) is 5.22. The van der Waals surface area contributed by atoms with Gasteiger partial charge in [-0.05, 0) is 11.8 Å². The Morgan fingerprint density at radius 1 is 1.68 bits per heavy atom. The second-order valence-electron chi connectivity index (χ2n) is 3.73. The van der Waals surface area contributed by atoms with Gasteiger partial charge in [-0.3, -0.25) is 4.79 Å². The van der Waals surface area contributed by atoms with Gasteiger partial charge < -0.3 is 25.7 Å². The maximum Gasteiger partial charge on any atom is 0.506 e. The number of aromatic nitrogens is 2. The van der Waals surface area contributed by atoms with Gasteiger partial charge in [0.05, 0.1) is 17.8 Å². The van der Waals surface area contributed by atoms with E-state index in [1.54, 1.807) is 0 Å². The quantitative estimate of drug-likeness (QED) is 0.431. The summed E-state index contributed by atoms with van der Waals surface area (Å²) in [5, 5.41) is 22.6. The minimum Gasteiger partial charge on any atom is -0.450 e. The molecule has 1 amide bonds. The lowest BCUT2D eigenvalue weighted by molar-refractivity contribution is -0.390. The molecule has 1 rings (SSSR count). The molecule has 1 unspecified atom stereocenters. The molecule has 0 aliphatic carbocycles. The van der Waals surface area contributed by atoms with Crippen molar-refractivity contribution in [3.05, 3.63) is 21.9 Å². The summed E-state index contributed by atoms with van der Waals surface area (Å²) in [5.41, 5.74) is 4.69. The Kier molecular flexibility index (Phi) is 4.40. The van der Waals surface area contributed by atoms with Gasteiger partial charge in [-0.25, -0.2) is 4.79 Å². The first-order valence-corrected chi connectivity index (χ1v) is 5.22. The van der Waals surface area contributed by atoms with Gasteiger partial charge in [0.1, 0.15) is 6.10 Å². The van der Waals surface area contributed by atoms with Crippen molar-refractivity contribution in [2.24, 2.45) is 5.73 Å².